The number of nitrogens with zero attached hydrogens (tertiary/aromatic N) is 1. The highest BCUT2D eigenvalue weighted by Gasteiger charge is 2.60. The summed E-state index contributed by atoms with van der Waals surface area (Å²) in [6, 6.07) is 15.0. The zero-order valence-electron chi connectivity index (χ0n) is 35.1. The van der Waals surface area contributed by atoms with E-state index >= 15 is 0 Å². The number of methoxy groups -OCH3 is 1. The van der Waals surface area contributed by atoms with Gasteiger partial charge in [-0.05, 0) is 17.7 Å². The number of aliphatic hydroxyl groups excluding tert-OH is 4. The summed E-state index contributed by atoms with van der Waals surface area (Å²) in [6.45, 7) is 0.0351. The van der Waals surface area contributed by atoms with Gasteiger partial charge < -0.3 is 75.3 Å². The number of benzene rings is 3. The first-order valence-corrected chi connectivity index (χ1v) is 21.1. The number of hydrogen-bond acceptors (Lipinski definition) is 17. The highest BCUT2D eigenvalue weighted by atomic mass is 16.7. The fraction of sp³-hybridized carbons (Fsp3) is 0.413. The molecule has 1 unspecified atom stereocenters. The zero-order valence-corrected chi connectivity index (χ0v) is 35.1. The Morgan fingerprint density at radius 3 is 2.60 bits per heavy atom. The number of esters is 1. The molecule has 65 heavy (non-hydrogen) atoms. The molecule has 0 saturated carbocycles. The Labute approximate surface area is 372 Å². The van der Waals surface area contributed by atoms with Crippen molar-refractivity contribution in [2.24, 2.45) is 16.5 Å². The summed E-state index contributed by atoms with van der Waals surface area (Å²) in [4.78, 5) is 29.3. The van der Waals surface area contributed by atoms with E-state index in [1.54, 1.807) is 18.3 Å². The van der Waals surface area contributed by atoms with Crippen LogP contribution in [0.25, 0.3) is 0 Å². The van der Waals surface area contributed by atoms with Crippen LogP contribution in [0.1, 0.15) is 52.7 Å². The number of carbonyl (C=O) groups excluding carboxylic acids is 1. The molecule has 7 aliphatic rings. The predicted molar refractivity (Wildman–Crippen MR) is 225 cm³/mol. The number of rotatable bonds is 14. The number of aliphatic imine (C=N–C) groups is 1. The van der Waals surface area contributed by atoms with Crippen LogP contribution in [-0.2, 0) is 32.0 Å². The van der Waals surface area contributed by atoms with E-state index in [0.29, 0.717) is 64.0 Å². The van der Waals surface area contributed by atoms with Crippen LogP contribution < -0.4 is 40.1 Å². The summed E-state index contributed by atoms with van der Waals surface area (Å²) in [5.41, 5.74) is 15.0. The first-order valence-electron chi connectivity index (χ1n) is 21.1. The van der Waals surface area contributed by atoms with Crippen LogP contribution >= 0.6 is 0 Å². The third-order valence-electron chi connectivity index (χ3n) is 12.6. The number of fused-ring (bicyclic) bond motifs is 9. The van der Waals surface area contributed by atoms with Crippen molar-refractivity contribution in [2.75, 3.05) is 33.5 Å². The number of aliphatic carboxylic acids is 1. The maximum absolute atomic E-state index is 12.6. The van der Waals surface area contributed by atoms with Gasteiger partial charge in [0.15, 0.2) is 23.3 Å². The van der Waals surface area contributed by atoms with Crippen LogP contribution in [0.4, 0.5) is 0 Å². The summed E-state index contributed by atoms with van der Waals surface area (Å²) >= 11 is 0. The summed E-state index contributed by atoms with van der Waals surface area (Å²) < 4.78 is 43.8. The monoisotopic (exact) mass is 897 g/mol. The van der Waals surface area contributed by atoms with Gasteiger partial charge in [-0.25, -0.2) is 0 Å². The van der Waals surface area contributed by atoms with E-state index in [9.17, 15) is 40.2 Å². The second-order valence-electron chi connectivity index (χ2n) is 16.6. The van der Waals surface area contributed by atoms with E-state index in [-0.39, 0.29) is 32.1 Å². The van der Waals surface area contributed by atoms with Crippen molar-refractivity contribution in [1.82, 2.24) is 0 Å². The molecule has 3 aromatic rings. The van der Waals surface area contributed by atoms with Gasteiger partial charge in [-0.1, -0.05) is 48.2 Å². The molecule has 7 aliphatic heterocycles. The molecule has 7 heterocycles. The maximum atomic E-state index is 12.6. The van der Waals surface area contributed by atoms with Gasteiger partial charge in [0.1, 0.15) is 86.0 Å². The van der Waals surface area contributed by atoms with Gasteiger partial charge in [-0.3, -0.25) is 19.5 Å². The van der Waals surface area contributed by atoms with E-state index in [1.807, 2.05) is 42.5 Å². The topological polar surface area (TPSA) is 289 Å². The average Bonchev–Trinajstić information content (AvgIpc) is 3.99. The van der Waals surface area contributed by atoms with Crippen molar-refractivity contribution in [3.05, 3.63) is 99.4 Å². The van der Waals surface area contributed by atoms with Gasteiger partial charge in [0.2, 0.25) is 12.0 Å². The predicted octanol–water partition coefficient (Wildman–Crippen LogP) is -1.16. The van der Waals surface area contributed by atoms with Crippen molar-refractivity contribution in [1.29, 1.82) is 0 Å². The van der Waals surface area contributed by atoms with E-state index < -0.39 is 85.4 Å². The van der Waals surface area contributed by atoms with Gasteiger partial charge in [-0.2, -0.15) is 0 Å². The second kappa shape index (κ2) is 17.7. The highest BCUT2D eigenvalue weighted by Crippen LogP contribution is 2.60. The Balaban J connectivity index is 1.22. The molecule has 0 radical (unpaired) electrons. The van der Waals surface area contributed by atoms with Crippen molar-refractivity contribution in [2.45, 2.75) is 86.4 Å². The third kappa shape index (κ3) is 7.86. The second-order valence-corrected chi connectivity index (χ2v) is 16.6. The molecule has 0 aromatic heterocycles. The Morgan fingerprint density at radius 1 is 1.08 bits per heavy atom. The van der Waals surface area contributed by atoms with Gasteiger partial charge in [0.05, 0.1) is 31.4 Å². The van der Waals surface area contributed by atoms with Gasteiger partial charge in [0.25, 0.3) is 0 Å². The van der Waals surface area contributed by atoms with E-state index in [2.05, 4.69) is 16.8 Å². The highest BCUT2D eigenvalue weighted by molar-refractivity contribution is 5.90. The standard InChI is InChI=1S/C46H48N4O15/c1-59-28-10-9-25-34-30(16-22-6-3-2-4-7-22)61-31-17-29-24(8-5-12-46(58)42(57)37(56)45(62-29)65-43(46)41(44(47)48)63-33(55)18-32(53)54)26(20-50-19-23-11-13-49-36(23)27(50)21-52)35(31)40(34)64-38(25)39(28)60-15-14-51/h2-4,6-7,9-11,13,17,30,34,37,40-45,51-52,56-58H,12,14-16,18-21,47-48H2,1H3,(H,53,54)/p+1/t30-,34-,37-,40-,41+,42-,43-,45-,46+/m1/s1. The largest absolute Gasteiger partial charge is 0.493 e. The number of carboxylic acids is 1. The summed E-state index contributed by atoms with van der Waals surface area (Å²) in [7, 11) is 1.51. The molecular formula is C46H49N4O15+. The third-order valence-corrected chi connectivity index (χ3v) is 12.6. The lowest BCUT2D eigenvalue weighted by Crippen LogP contribution is -3.08. The minimum Gasteiger partial charge on any atom is -0.493 e. The number of hydrogen-bond donors (Lipinski definition) is 9. The SMILES string of the molecule is COc1ccc2c(c1OCCO)O[C@H]1c3c(cc4c(c3C[NH+]3CC5=CC=NC5=C3CO)C#CC[C@]3(O)[C@H](O)[C@@H](O)[C@H](O4)O[C@@H]3[C@H](OC(=O)CC(=O)O)C(N)N)O[C@H](Cc3ccccc3)[C@@H]21. The van der Waals surface area contributed by atoms with Crippen molar-refractivity contribution >= 4 is 18.2 Å². The van der Waals surface area contributed by atoms with Crippen molar-refractivity contribution in [3.8, 4) is 40.6 Å². The van der Waals surface area contributed by atoms with Crippen molar-refractivity contribution in [3.63, 3.8) is 0 Å². The molecule has 2 bridgehead atoms. The van der Waals surface area contributed by atoms with Crippen LogP contribution in [0.5, 0.6) is 28.7 Å². The van der Waals surface area contributed by atoms with Crippen LogP contribution in [-0.4, -0.2) is 131 Å². The summed E-state index contributed by atoms with van der Waals surface area (Å²) in [5, 5.41) is 65.1. The number of carboxylic acid groups (broad SMARTS) is 1. The smallest absolute Gasteiger partial charge is 0.317 e. The van der Waals surface area contributed by atoms with Crippen LogP contribution in [0, 0.1) is 11.8 Å². The zero-order chi connectivity index (χ0) is 45.7. The molecule has 19 nitrogen and oxygen atoms in total. The van der Waals surface area contributed by atoms with Gasteiger partial charge in [-0.15, -0.1) is 0 Å². The fourth-order valence-electron chi connectivity index (χ4n) is 9.69. The molecule has 10 atom stereocenters. The van der Waals surface area contributed by atoms with E-state index in [4.69, 9.17) is 44.6 Å². The molecule has 0 spiro atoms. The average molecular weight is 898 g/mol. The molecule has 1 fully saturated rings. The molecule has 1 saturated heterocycles. The minimum atomic E-state index is -2.50. The first kappa shape index (κ1) is 44.2. The minimum absolute atomic E-state index is 0.0350. The molecular weight excluding hydrogens is 849 g/mol. The normalized spacial score (nSPS) is 28.2. The number of allylic oxidation sites excluding steroid dienone is 1. The Kier molecular flexibility index (Phi) is 12.0. The lowest BCUT2D eigenvalue weighted by molar-refractivity contribution is -0.867. The van der Waals surface area contributed by atoms with Crippen LogP contribution in [0.15, 0.2) is 76.6 Å². The Morgan fingerprint density at radius 2 is 1.88 bits per heavy atom. The summed E-state index contributed by atoms with van der Waals surface area (Å²) in [6.07, 6.45) is -9.81. The van der Waals surface area contributed by atoms with Gasteiger partial charge >= 0.3 is 11.9 Å². The molecule has 3 aromatic carbocycles. The van der Waals surface area contributed by atoms with Crippen LogP contribution in [0.2, 0.25) is 0 Å². The fourth-order valence-corrected chi connectivity index (χ4v) is 9.69. The maximum Gasteiger partial charge on any atom is 0.317 e. The molecule has 11 N–H and O–H groups in total. The number of aliphatic hydroxyl groups is 5. The molecule has 0 aliphatic carbocycles. The van der Waals surface area contributed by atoms with E-state index in [1.165, 1.54) is 7.11 Å². The molecule has 342 valence electrons. The number of ether oxygens (including phenoxy) is 7. The van der Waals surface area contributed by atoms with Crippen LogP contribution in [0.3, 0.4) is 0 Å². The Bertz CT molecular complexity index is 2540. The summed E-state index contributed by atoms with van der Waals surface area (Å²) in [5.74, 6) is 4.40. The molecule has 0 amide bonds. The number of quaternary nitrogens is 1. The molecule has 10 rings (SSSR count). The lowest BCUT2D eigenvalue weighted by Gasteiger charge is -2.50. The Hall–Kier alpha value is -6.05. The number of nitrogens with one attached hydrogen (secondary N) is 1. The number of carbonyl (C=O) groups is 2. The lowest BCUT2D eigenvalue weighted by atomic mass is 9.78. The molecule has 19 heteroatoms. The number of nitrogens with two attached hydrogens (primary N) is 2. The van der Waals surface area contributed by atoms with Gasteiger partial charge in [0, 0.05) is 47.4 Å². The van der Waals surface area contributed by atoms with Crippen molar-refractivity contribution < 1.29 is 78.3 Å². The quantitative estimate of drug-likeness (QED) is 0.0399. The van der Waals surface area contributed by atoms with E-state index in [0.717, 1.165) is 21.6 Å². The first-order chi connectivity index (χ1) is 31.3.